The van der Waals surface area contributed by atoms with Crippen molar-refractivity contribution in [2.24, 2.45) is 0 Å². The standard InChI is InChI=1S/C7H14S/c1-6-4-5-7(2,3)8-6/h6H,4-5H2,1-3H3. The molecule has 1 saturated heterocycles. The van der Waals surface area contributed by atoms with Crippen LogP contribution < -0.4 is 0 Å². The van der Waals surface area contributed by atoms with E-state index in [1.165, 1.54) is 12.8 Å². The third-order valence-corrected chi connectivity index (χ3v) is 3.15. The van der Waals surface area contributed by atoms with Crippen LogP contribution in [0.15, 0.2) is 0 Å². The Morgan fingerprint density at radius 2 is 2.12 bits per heavy atom. The maximum absolute atomic E-state index is 2.33. The van der Waals surface area contributed by atoms with Crippen molar-refractivity contribution in [3.05, 3.63) is 0 Å². The third kappa shape index (κ3) is 1.41. The van der Waals surface area contributed by atoms with Crippen LogP contribution in [-0.2, 0) is 0 Å². The third-order valence-electron chi connectivity index (χ3n) is 1.67. The second-order valence-electron chi connectivity index (χ2n) is 3.23. The Bertz CT molecular complexity index is 86.4. The zero-order valence-electron chi connectivity index (χ0n) is 5.90. The highest BCUT2D eigenvalue weighted by Crippen LogP contribution is 2.41. The van der Waals surface area contributed by atoms with Crippen molar-refractivity contribution in [3.63, 3.8) is 0 Å². The molecule has 1 heteroatoms. The highest BCUT2D eigenvalue weighted by atomic mass is 32.2. The summed E-state index contributed by atoms with van der Waals surface area (Å²) in [7, 11) is 0. The van der Waals surface area contributed by atoms with Crippen LogP contribution in [0.2, 0.25) is 0 Å². The predicted molar refractivity (Wildman–Crippen MR) is 40.4 cm³/mol. The summed E-state index contributed by atoms with van der Waals surface area (Å²) in [5.74, 6) is 0. The first-order chi connectivity index (χ1) is 3.60. The minimum absolute atomic E-state index is 0.583. The Kier molecular flexibility index (Phi) is 1.57. The fourth-order valence-electron chi connectivity index (χ4n) is 1.21. The molecular formula is C7H14S. The average Bonchev–Trinajstić information content (AvgIpc) is 1.82. The van der Waals surface area contributed by atoms with E-state index in [1.807, 2.05) is 0 Å². The summed E-state index contributed by atoms with van der Waals surface area (Å²) in [5, 5.41) is 0.907. The lowest BCUT2D eigenvalue weighted by atomic mass is 10.1. The summed E-state index contributed by atoms with van der Waals surface area (Å²) in [6, 6.07) is 0. The van der Waals surface area contributed by atoms with Gasteiger partial charge in [0.25, 0.3) is 0 Å². The van der Waals surface area contributed by atoms with E-state index in [-0.39, 0.29) is 0 Å². The van der Waals surface area contributed by atoms with Crippen molar-refractivity contribution >= 4 is 11.8 Å². The van der Waals surface area contributed by atoms with E-state index < -0.39 is 0 Å². The second-order valence-corrected chi connectivity index (χ2v) is 5.37. The van der Waals surface area contributed by atoms with Crippen LogP contribution in [0, 0.1) is 0 Å². The molecular weight excluding hydrogens is 116 g/mol. The highest BCUT2D eigenvalue weighted by Gasteiger charge is 2.28. The van der Waals surface area contributed by atoms with Gasteiger partial charge in [0, 0.05) is 10.00 Å². The monoisotopic (exact) mass is 130 g/mol. The van der Waals surface area contributed by atoms with Gasteiger partial charge < -0.3 is 0 Å². The first-order valence-electron chi connectivity index (χ1n) is 3.28. The lowest BCUT2D eigenvalue weighted by Gasteiger charge is -2.14. The van der Waals surface area contributed by atoms with Gasteiger partial charge in [-0.15, -0.1) is 0 Å². The molecule has 1 aliphatic heterocycles. The van der Waals surface area contributed by atoms with Crippen LogP contribution in [0.5, 0.6) is 0 Å². The molecule has 8 heavy (non-hydrogen) atoms. The van der Waals surface area contributed by atoms with Gasteiger partial charge in [0.1, 0.15) is 0 Å². The fourth-order valence-corrected chi connectivity index (χ4v) is 2.77. The minimum atomic E-state index is 0.583. The van der Waals surface area contributed by atoms with Crippen LogP contribution in [0.3, 0.4) is 0 Å². The smallest absolute Gasteiger partial charge is 0.0106 e. The molecule has 0 aromatic heterocycles. The van der Waals surface area contributed by atoms with Gasteiger partial charge >= 0.3 is 0 Å². The van der Waals surface area contributed by atoms with Crippen molar-refractivity contribution in [2.75, 3.05) is 0 Å². The molecule has 0 saturated carbocycles. The topological polar surface area (TPSA) is 0 Å². The van der Waals surface area contributed by atoms with E-state index in [0.717, 1.165) is 5.25 Å². The van der Waals surface area contributed by atoms with Gasteiger partial charge in [0.15, 0.2) is 0 Å². The summed E-state index contributed by atoms with van der Waals surface area (Å²) in [4.78, 5) is 0. The molecule has 1 unspecified atom stereocenters. The molecule has 1 aliphatic rings. The number of hydrogen-bond acceptors (Lipinski definition) is 1. The summed E-state index contributed by atoms with van der Waals surface area (Å²) < 4.78 is 0.583. The van der Waals surface area contributed by atoms with Gasteiger partial charge in [-0.3, -0.25) is 0 Å². The van der Waals surface area contributed by atoms with Crippen LogP contribution in [0.25, 0.3) is 0 Å². The molecule has 1 fully saturated rings. The van der Waals surface area contributed by atoms with Gasteiger partial charge in [-0.25, -0.2) is 0 Å². The zero-order valence-corrected chi connectivity index (χ0v) is 6.72. The molecule has 0 N–H and O–H groups in total. The Morgan fingerprint density at radius 1 is 1.50 bits per heavy atom. The Morgan fingerprint density at radius 3 is 2.25 bits per heavy atom. The van der Waals surface area contributed by atoms with Crippen molar-refractivity contribution in [3.8, 4) is 0 Å². The zero-order chi connectivity index (χ0) is 6.20. The number of rotatable bonds is 0. The normalized spacial score (nSPS) is 35.6. The maximum atomic E-state index is 2.33. The van der Waals surface area contributed by atoms with Gasteiger partial charge in [0.2, 0.25) is 0 Å². The molecule has 1 rings (SSSR count). The Labute approximate surface area is 56.0 Å². The molecule has 0 aromatic carbocycles. The minimum Gasteiger partial charge on any atom is -0.153 e. The molecule has 0 bridgehead atoms. The predicted octanol–water partition coefficient (Wildman–Crippen LogP) is 2.68. The van der Waals surface area contributed by atoms with Crippen LogP contribution in [0.4, 0.5) is 0 Å². The van der Waals surface area contributed by atoms with E-state index in [9.17, 15) is 0 Å². The first kappa shape index (κ1) is 6.47. The maximum Gasteiger partial charge on any atom is 0.0106 e. The summed E-state index contributed by atoms with van der Waals surface area (Å²) in [6.07, 6.45) is 2.82. The van der Waals surface area contributed by atoms with E-state index in [1.54, 1.807) is 0 Å². The summed E-state index contributed by atoms with van der Waals surface area (Å²) in [5.41, 5.74) is 0. The van der Waals surface area contributed by atoms with Crippen molar-refractivity contribution in [1.82, 2.24) is 0 Å². The molecule has 0 aliphatic carbocycles. The van der Waals surface area contributed by atoms with Crippen molar-refractivity contribution in [2.45, 2.75) is 43.6 Å². The fraction of sp³-hybridized carbons (Fsp3) is 1.00. The SMILES string of the molecule is CC1CCC(C)(C)S1. The molecule has 0 amide bonds. The van der Waals surface area contributed by atoms with Crippen molar-refractivity contribution < 1.29 is 0 Å². The highest BCUT2D eigenvalue weighted by molar-refractivity contribution is 8.01. The van der Waals surface area contributed by atoms with Crippen molar-refractivity contribution in [1.29, 1.82) is 0 Å². The summed E-state index contributed by atoms with van der Waals surface area (Å²) in [6.45, 7) is 6.99. The van der Waals surface area contributed by atoms with Gasteiger partial charge in [-0.1, -0.05) is 20.8 Å². The molecule has 1 atom stereocenters. The first-order valence-corrected chi connectivity index (χ1v) is 4.16. The molecule has 0 nitrogen and oxygen atoms in total. The van der Waals surface area contributed by atoms with E-state index >= 15 is 0 Å². The Balaban J connectivity index is 2.44. The molecule has 1 heterocycles. The largest absolute Gasteiger partial charge is 0.153 e. The van der Waals surface area contributed by atoms with Crippen LogP contribution in [-0.4, -0.2) is 10.00 Å². The molecule has 48 valence electrons. The quantitative estimate of drug-likeness (QED) is 0.486. The van der Waals surface area contributed by atoms with Crippen LogP contribution >= 0.6 is 11.8 Å². The number of hydrogen-bond donors (Lipinski definition) is 0. The van der Waals surface area contributed by atoms with Gasteiger partial charge in [0.05, 0.1) is 0 Å². The lowest BCUT2D eigenvalue weighted by molar-refractivity contribution is 0.646. The van der Waals surface area contributed by atoms with E-state index in [2.05, 4.69) is 32.5 Å². The van der Waals surface area contributed by atoms with Gasteiger partial charge in [-0.2, -0.15) is 11.8 Å². The Hall–Kier alpha value is 0.350. The van der Waals surface area contributed by atoms with E-state index in [0.29, 0.717) is 4.75 Å². The average molecular weight is 130 g/mol. The van der Waals surface area contributed by atoms with Gasteiger partial charge in [-0.05, 0) is 12.8 Å². The molecule has 0 radical (unpaired) electrons. The molecule has 0 aromatic rings. The van der Waals surface area contributed by atoms with E-state index in [4.69, 9.17) is 0 Å². The number of thioether (sulfide) groups is 1. The van der Waals surface area contributed by atoms with Crippen LogP contribution in [0.1, 0.15) is 33.6 Å². The second kappa shape index (κ2) is 1.94. The lowest BCUT2D eigenvalue weighted by Crippen LogP contribution is -2.07. The summed E-state index contributed by atoms with van der Waals surface area (Å²) >= 11 is 2.12. The molecule has 0 spiro atoms.